The molecule has 2 aromatic rings. The number of nitrogens with one attached hydrogen (secondary N) is 1. The Balaban J connectivity index is 1.38. The van der Waals surface area contributed by atoms with Gasteiger partial charge in [-0.2, -0.15) is 5.10 Å². The van der Waals surface area contributed by atoms with E-state index in [4.69, 9.17) is 0 Å². The summed E-state index contributed by atoms with van der Waals surface area (Å²) >= 11 is 0. The molecule has 1 saturated heterocycles. The summed E-state index contributed by atoms with van der Waals surface area (Å²) in [7, 11) is 0. The average molecular weight is 393 g/mol. The molecule has 2 aromatic carbocycles. The standard InChI is InChI=1S/C24H32N4O/c1-24(2,3)22-11-9-20(10-12-22)17-25-26-23(29)19-28-15-13-27(14-16-28)18-21-7-5-4-6-8-21/h4-12,17H,13-16,18-19H2,1-3H3,(H,26,29)/b25-17+. The summed E-state index contributed by atoms with van der Waals surface area (Å²) in [5, 5.41) is 4.11. The first-order chi connectivity index (χ1) is 13.9. The van der Waals surface area contributed by atoms with Gasteiger partial charge in [0.15, 0.2) is 0 Å². The van der Waals surface area contributed by atoms with Crippen molar-refractivity contribution in [3.8, 4) is 0 Å². The van der Waals surface area contributed by atoms with Crippen molar-refractivity contribution < 1.29 is 4.79 Å². The van der Waals surface area contributed by atoms with Crippen molar-refractivity contribution >= 4 is 12.1 Å². The molecule has 1 heterocycles. The monoisotopic (exact) mass is 392 g/mol. The Morgan fingerprint density at radius 3 is 2.21 bits per heavy atom. The maximum atomic E-state index is 12.2. The Labute approximate surface area is 174 Å². The van der Waals surface area contributed by atoms with Gasteiger partial charge in [-0.3, -0.25) is 14.6 Å². The van der Waals surface area contributed by atoms with Crippen molar-refractivity contribution in [2.75, 3.05) is 32.7 Å². The summed E-state index contributed by atoms with van der Waals surface area (Å²) < 4.78 is 0. The number of nitrogens with zero attached hydrogens (tertiary/aromatic N) is 3. The number of piperazine rings is 1. The van der Waals surface area contributed by atoms with Gasteiger partial charge in [-0.25, -0.2) is 5.43 Å². The number of benzene rings is 2. The zero-order valence-electron chi connectivity index (χ0n) is 17.8. The van der Waals surface area contributed by atoms with E-state index in [1.54, 1.807) is 6.21 Å². The minimum Gasteiger partial charge on any atom is -0.297 e. The van der Waals surface area contributed by atoms with Crippen molar-refractivity contribution in [3.05, 3.63) is 71.3 Å². The summed E-state index contributed by atoms with van der Waals surface area (Å²) in [6.45, 7) is 11.7. The number of hydrogen-bond donors (Lipinski definition) is 1. The molecule has 5 nitrogen and oxygen atoms in total. The highest BCUT2D eigenvalue weighted by Crippen LogP contribution is 2.21. The largest absolute Gasteiger partial charge is 0.297 e. The molecule has 5 heteroatoms. The fourth-order valence-corrected chi connectivity index (χ4v) is 3.43. The number of carbonyl (C=O) groups excluding carboxylic acids is 1. The minimum atomic E-state index is -0.0657. The first-order valence-electron chi connectivity index (χ1n) is 10.3. The molecule has 0 spiro atoms. The number of carbonyl (C=O) groups is 1. The molecule has 1 fully saturated rings. The highest BCUT2D eigenvalue weighted by molar-refractivity contribution is 5.83. The van der Waals surface area contributed by atoms with Gasteiger partial charge in [-0.15, -0.1) is 0 Å². The summed E-state index contributed by atoms with van der Waals surface area (Å²) in [5.41, 5.74) is 6.38. The molecule has 0 saturated carbocycles. The van der Waals surface area contributed by atoms with Crippen molar-refractivity contribution in [2.24, 2.45) is 5.10 Å². The molecular formula is C24H32N4O. The van der Waals surface area contributed by atoms with E-state index in [0.717, 1.165) is 38.3 Å². The fourth-order valence-electron chi connectivity index (χ4n) is 3.43. The van der Waals surface area contributed by atoms with E-state index >= 15 is 0 Å². The van der Waals surface area contributed by atoms with Crippen LogP contribution in [0.15, 0.2) is 59.7 Å². The Morgan fingerprint density at radius 1 is 0.966 bits per heavy atom. The zero-order chi connectivity index (χ0) is 20.7. The number of hydrogen-bond acceptors (Lipinski definition) is 4. The quantitative estimate of drug-likeness (QED) is 0.606. The third kappa shape index (κ3) is 6.80. The number of rotatable bonds is 6. The van der Waals surface area contributed by atoms with Crippen LogP contribution in [0.1, 0.15) is 37.5 Å². The average Bonchev–Trinajstić information content (AvgIpc) is 2.70. The van der Waals surface area contributed by atoms with Crippen LogP contribution in [0, 0.1) is 0 Å². The van der Waals surface area contributed by atoms with Crippen LogP contribution < -0.4 is 5.43 Å². The predicted molar refractivity (Wildman–Crippen MR) is 119 cm³/mol. The first kappa shape index (κ1) is 21.2. The maximum absolute atomic E-state index is 12.2. The number of hydrazone groups is 1. The van der Waals surface area contributed by atoms with Gasteiger partial charge in [-0.05, 0) is 22.1 Å². The van der Waals surface area contributed by atoms with Crippen LogP contribution in [-0.4, -0.2) is 54.6 Å². The Morgan fingerprint density at radius 2 is 1.59 bits per heavy atom. The second-order valence-electron chi connectivity index (χ2n) is 8.70. The van der Waals surface area contributed by atoms with E-state index in [1.807, 2.05) is 18.2 Å². The van der Waals surface area contributed by atoms with Gasteiger partial charge in [0.2, 0.25) is 0 Å². The lowest BCUT2D eigenvalue weighted by Crippen LogP contribution is -2.48. The van der Waals surface area contributed by atoms with Gasteiger partial charge in [0, 0.05) is 32.7 Å². The van der Waals surface area contributed by atoms with E-state index in [2.05, 4.69) is 77.5 Å². The normalized spacial score (nSPS) is 16.2. The van der Waals surface area contributed by atoms with Gasteiger partial charge in [0.1, 0.15) is 0 Å². The second-order valence-corrected chi connectivity index (χ2v) is 8.70. The second kappa shape index (κ2) is 9.81. The van der Waals surface area contributed by atoms with Crippen molar-refractivity contribution in [3.63, 3.8) is 0 Å². The summed E-state index contributed by atoms with van der Waals surface area (Å²) in [6, 6.07) is 18.8. The van der Waals surface area contributed by atoms with Crippen LogP contribution in [0.2, 0.25) is 0 Å². The number of amides is 1. The fraction of sp³-hybridized carbons (Fsp3) is 0.417. The maximum Gasteiger partial charge on any atom is 0.254 e. The summed E-state index contributed by atoms with van der Waals surface area (Å²) in [5.74, 6) is -0.0657. The smallest absolute Gasteiger partial charge is 0.254 e. The lowest BCUT2D eigenvalue weighted by atomic mass is 9.87. The topological polar surface area (TPSA) is 47.9 Å². The predicted octanol–water partition coefficient (Wildman–Crippen LogP) is 3.25. The van der Waals surface area contributed by atoms with Gasteiger partial charge < -0.3 is 0 Å². The van der Waals surface area contributed by atoms with E-state index in [1.165, 1.54) is 11.1 Å². The lowest BCUT2D eigenvalue weighted by Gasteiger charge is -2.34. The molecule has 1 N–H and O–H groups in total. The van der Waals surface area contributed by atoms with Crippen LogP contribution in [0.25, 0.3) is 0 Å². The third-order valence-corrected chi connectivity index (χ3v) is 5.26. The van der Waals surface area contributed by atoms with E-state index in [9.17, 15) is 4.79 Å². The molecule has 154 valence electrons. The molecule has 0 radical (unpaired) electrons. The third-order valence-electron chi connectivity index (χ3n) is 5.26. The molecule has 0 atom stereocenters. The van der Waals surface area contributed by atoms with E-state index in [0.29, 0.717) is 6.54 Å². The van der Waals surface area contributed by atoms with Crippen molar-refractivity contribution in [1.82, 2.24) is 15.2 Å². The first-order valence-corrected chi connectivity index (χ1v) is 10.3. The summed E-state index contributed by atoms with van der Waals surface area (Å²) in [6.07, 6.45) is 1.70. The van der Waals surface area contributed by atoms with Crippen LogP contribution in [0.3, 0.4) is 0 Å². The molecule has 0 aliphatic carbocycles. The molecule has 1 amide bonds. The molecule has 3 rings (SSSR count). The van der Waals surface area contributed by atoms with Gasteiger partial charge in [0.05, 0.1) is 12.8 Å². The highest BCUT2D eigenvalue weighted by Gasteiger charge is 2.18. The van der Waals surface area contributed by atoms with Crippen LogP contribution in [-0.2, 0) is 16.8 Å². The van der Waals surface area contributed by atoms with Gasteiger partial charge in [0.25, 0.3) is 5.91 Å². The Kier molecular flexibility index (Phi) is 7.18. The van der Waals surface area contributed by atoms with Gasteiger partial charge in [-0.1, -0.05) is 75.4 Å². The highest BCUT2D eigenvalue weighted by atomic mass is 16.2. The van der Waals surface area contributed by atoms with E-state index in [-0.39, 0.29) is 11.3 Å². The molecule has 0 unspecified atom stereocenters. The molecule has 0 bridgehead atoms. The Hall–Kier alpha value is -2.50. The van der Waals surface area contributed by atoms with Gasteiger partial charge >= 0.3 is 0 Å². The van der Waals surface area contributed by atoms with E-state index < -0.39 is 0 Å². The van der Waals surface area contributed by atoms with Crippen LogP contribution >= 0.6 is 0 Å². The van der Waals surface area contributed by atoms with Crippen molar-refractivity contribution in [2.45, 2.75) is 32.7 Å². The lowest BCUT2D eigenvalue weighted by molar-refractivity contribution is -0.122. The molecular weight excluding hydrogens is 360 g/mol. The molecule has 1 aliphatic heterocycles. The Bertz CT molecular complexity index is 801. The molecule has 29 heavy (non-hydrogen) atoms. The molecule has 0 aromatic heterocycles. The summed E-state index contributed by atoms with van der Waals surface area (Å²) in [4.78, 5) is 16.8. The zero-order valence-corrected chi connectivity index (χ0v) is 17.8. The molecule has 1 aliphatic rings. The van der Waals surface area contributed by atoms with Crippen LogP contribution in [0.4, 0.5) is 0 Å². The van der Waals surface area contributed by atoms with Crippen LogP contribution in [0.5, 0.6) is 0 Å². The minimum absolute atomic E-state index is 0.0657. The van der Waals surface area contributed by atoms with Crippen molar-refractivity contribution in [1.29, 1.82) is 0 Å². The SMILES string of the molecule is CC(C)(C)c1ccc(/C=N/NC(=O)CN2CCN(Cc3ccccc3)CC2)cc1.